The fourth-order valence-electron chi connectivity index (χ4n) is 3.98. The second-order valence-corrected chi connectivity index (χ2v) is 8.41. The standard InChI is InChI=1S/C25H35N3O/c1-20-6-4-8-23(18-20)10-11-25(29)26-22(3)12-13-27-14-16-28(17-15-27)24-9-5-7-21(2)19-24/h4-9,18-19,22H,10-17H2,1-3H3,(H,26,29). The first kappa shape index (κ1) is 21.4. The van der Waals surface area contributed by atoms with Gasteiger partial charge in [-0.3, -0.25) is 9.69 Å². The van der Waals surface area contributed by atoms with E-state index < -0.39 is 0 Å². The second kappa shape index (κ2) is 10.4. The lowest BCUT2D eigenvalue weighted by atomic mass is 10.1. The van der Waals surface area contributed by atoms with Gasteiger partial charge in [-0.1, -0.05) is 42.0 Å². The predicted octanol–water partition coefficient (Wildman–Crippen LogP) is 3.95. The molecule has 3 rings (SSSR count). The molecular weight excluding hydrogens is 358 g/mol. The minimum absolute atomic E-state index is 0.156. The van der Waals surface area contributed by atoms with Gasteiger partial charge >= 0.3 is 0 Å². The number of anilines is 1. The molecule has 1 unspecified atom stereocenters. The van der Waals surface area contributed by atoms with Gasteiger partial charge in [-0.05, 0) is 56.9 Å². The lowest BCUT2D eigenvalue weighted by Crippen LogP contribution is -2.47. The van der Waals surface area contributed by atoms with Gasteiger partial charge in [0.1, 0.15) is 0 Å². The maximum atomic E-state index is 12.3. The van der Waals surface area contributed by atoms with Crippen LogP contribution in [-0.4, -0.2) is 49.6 Å². The molecule has 4 nitrogen and oxygen atoms in total. The van der Waals surface area contributed by atoms with E-state index in [1.54, 1.807) is 0 Å². The quantitative estimate of drug-likeness (QED) is 0.738. The SMILES string of the molecule is Cc1cccc(CCC(=O)NC(C)CCN2CCN(c3cccc(C)c3)CC2)c1. The molecule has 1 fully saturated rings. The first-order valence-corrected chi connectivity index (χ1v) is 10.9. The van der Waals surface area contributed by atoms with Crippen molar-refractivity contribution in [3.8, 4) is 0 Å². The molecule has 2 aromatic rings. The minimum Gasteiger partial charge on any atom is -0.369 e. The van der Waals surface area contributed by atoms with Gasteiger partial charge in [0, 0.05) is 50.9 Å². The molecule has 0 aliphatic carbocycles. The molecule has 0 radical (unpaired) electrons. The first-order chi connectivity index (χ1) is 14.0. The van der Waals surface area contributed by atoms with Gasteiger partial charge in [0.15, 0.2) is 0 Å². The summed E-state index contributed by atoms with van der Waals surface area (Å²) in [6, 6.07) is 17.4. The maximum absolute atomic E-state index is 12.3. The van der Waals surface area contributed by atoms with Crippen molar-refractivity contribution in [1.29, 1.82) is 0 Å². The van der Waals surface area contributed by atoms with E-state index in [1.807, 2.05) is 0 Å². The van der Waals surface area contributed by atoms with Crippen molar-refractivity contribution in [2.45, 2.75) is 46.1 Å². The van der Waals surface area contributed by atoms with E-state index in [2.05, 4.69) is 84.4 Å². The Bertz CT molecular complexity index is 796. The van der Waals surface area contributed by atoms with E-state index in [0.29, 0.717) is 6.42 Å². The molecule has 1 atom stereocenters. The molecule has 0 bridgehead atoms. The third-order valence-corrected chi connectivity index (χ3v) is 5.75. The van der Waals surface area contributed by atoms with Crippen LogP contribution in [-0.2, 0) is 11.2 Å². The molecule has 0 saturated carbocycles. The summed E-state index contributed by atoms with van der Waals surface area (Å²) >= 11 is 0. The summed E-state index contributed by atoms with van der Waals surface area (Å²) in [7, 11) is 0. The lowest BCUT2D eigenvalue weighted by molar-refractivity contribution is -0.121. The average Bonchev–Trinajstić information content (AvgIpc) is 2.71. The highest BCUT2D eigenvalue weighted by atomic mass is 16.1. The number of piperazine rings is 1. The second-order valence-electron chi connectivity index (χ2n) is 8.41. The Morgan fingerprint density at radius 1 is 1.00 bits per heavy atom. The van der Waals surface area contributed by atoms with Crippen molar-refractivity contribution in [1.82, 2.24) is 10.2 Å². The number of nitrogens with one attached hydrogen (secondary N) is 1. The molecule has 0 spiro atoms. The summed E-state index contributed by atoms with van der Waals surface area (Å²) in [5.41, 5.74) is 5.13. The van der Waals surface area contributed by atoms with Gasteiger partial charge in [-0.15, -0.1) is 0 Å². The van der Waals surface area contributed by atoms with E-state index in [4.69, 9.17) is 0 Å². The Morgan fingerprint density at radius 3 is 2.38 bits per heavy atom. The number of hydrogen-bond acceptors (Lipinski definition) is 3. The average molecular weight is 394 g/mol. The summed E-state index contributed by atoms with van der Waals surface area (Å²) in [5.74, 6) is 0.156. The molecule has 29 heavy (non-hydrogen) atoms. The number of nitrogens with zero attached hydrogens (tertiary/aromatic N) is 2. The van der Waals surface area contributed by atoms with Crippen LogP contribution in [0.2, 0.25) is 0 Å². The highest BCUT2D eigenvalue weighted by molar-refractivity contribution is 5.76. The van der Waals surface area contributed by atoms with Crippen molar-refractivity contribution in [3.05, 3.63) is 65.2 Å². The topological polar surface area (TPSA) is 35.6 Å². The summed E-state index contributed by atoms with van der Waals surface area (Å²) in [6.07, 6.45) is 2.37. The van der Waals surface area contributed by atoms with Crippen molar-refractivity contribution in [2.24, 2.45) is 0 Å². The summed E-state index contributed by atoms with van der Waals surface area (Å²) in [4.78, 5) is 17.2. The van der Waals surface area contributed by atoms with Crippen LogP contribution < -0.4 is 10.2 Å². The molecule has 4 heteroatoms. The van der Waals surface area contributed by atoms with E-state index >= 15 is 0 Å². The van der Waals surface area contributed by atoms with Crippen LogP contribution in [0, 0.1) is 13.8 Å². The van der Waals surface area contributed by atoms with Crippen molar-refractivity contribution < 1.29 is 4.79 Å². The first-order valence-electron chi connectivity index (χ1n) is 10.9. The van der Waals surface area contributed by atoms with E-state index in [0.717, 1.165) is 45.6 Å². The normalized spacial score (nSPS) is 15.9. The monoisotopic (exact) mass is 393 g/mol. The number of benzene rings is 2. The molecule has 1 amide bonds. The van der Waals surface area contributed by atoms with Crippen LogP contribution in [0.15, 0.2) is 48.5 Å². The van der Waals surface area contributed by atoms with Gasteiger partial charge < -0.3 is 10.2 Å². The Labute approximate surface area is 175 Å². The van der Waals surface area contributed by atoms with E-state index in [1.165, 1.54) is 22.4 Å². The smallest absolute Gasteiger partial charge is 0.220 e. The summed E-state index contributed by atoms with van der Waals surface area (Å²) in [5, 5.41) is 3.17. The van der Waals surface area contributed by atoms with Crippen LogP contribution in [0.25, 0.3) is 0 Å². The molecule has 1 N–H and O–H groups in total. The molecule has 2 aromatic carbocycles. The summed E-state index contributed by atoms with van der Waals surface area (Å²) in [6.45, 7) is 11.7. The molecule has 1 aliphatic rings. The fourth-order valence-corrected chi connectivity index (χ4v) is 3.98. The van der Waals surface area contributed by atoms with E-state index in [-0.39, 0.29) is 11.9 Å². The maximum Gasteiger partial charge on any atom is 0.220 e. The number of hydrogen-bond donors (Lipinski definition) is 1. The Hall–Kier alpha value is -2.33. The van der Waals surface area contributed by atoms with Gasteiger partial charge in [0.2, 0.25) is 5.91 Å². The molecule has 1 heterocycles. The fraction of sp³-hybridized carbons (Fsp3) is 0.480. The lowest BCUT2D eigenvalue weighted by Gasteiger charge is -2.36. The summed E-state index contributed by atoms with van der Waals surface area (Å²) < 4.78 is 0. The van der Waals surface area contributed by atoms with Crippen LogP contribution in [0.4, 0.5) is 5.69 Å². The largest absolute Gasteiger partial charge is 0.369 e. The van der Waals surface area contributed by atoms with Crippen molar-refractivity contribution in [2.75, 3.05) is 37.6 Å². The highest BCUT2D eigenvalue weighted by Crippen LogP contribution is 2.18. The zero-order valence-electron chi connectivity index (χ0n) is 18.2. The number of amides is 1. The van der Waals surface area contributed by atoms with Gasteiger partial charge in [0.05, 0.1) is 0 Å². The van der Waals surface area contributed by atoms with Crippen LogP contribution in [0.1, 0.15) is 36.5 Å². The van der Waals surface area contributed by atoms with Crippen molar-refractivity contribution >= 4 is 11.6 Å². The molecular formula is C25H35N3O. The van der Waals surface area contributed by atoms with Crippen LogP contribution in [0.5, 0.6) is 0 Å². The van der Waals surface area contributed by atoms with Gasteiger partial charge in [-0.25, -0.2) is 0 Å². The zero-order valence-corrected chi connectivity index (χ0v) is 18.2. The molecule has 1 saturated heterocycles. The number of rotatable bonds is 8. The van der Waals surface area contributed by atoms with Crippen LogP contribution >= 0.6 is 0 Å². The van der Waals surface area contributed by atoms with Crippen molar-refractivity contribution in [3.63, 3.8) is 0 Å². The zero-order chi connectivity index (χ0) is 20.6. The van der Waals surface area contributed by atoms with E-state index in [9.17, 15) is 4.79 Å². The number of carbonyl (C=O) groups excluding carboxylic acids is 1. The van der Waals surface area contributed by atoms with Gasteiger partial charge in [0.25, 0.3) is 0 Å². The molecule has 1 aliphatic heterocycles. The Morgan fingerprint density at radius 2 is 1.69 bits per heavy atom. The third kappa shape index (κ3) is 6.90. The predicted molar refractivity (Wildman–Crippen MR) is 122 cm³/mol. The third-order valence-electron chi connectivity index (χ3n) is 5.75. The van der Waals surface area contributed by atoms with Crippen LogP contribution in [0.3, 0.4) is 0 Å². The molecule has 0 aromatic heterocycles. The van der Waals surface area contributed by atoms with Gasteiger partial charge in [-0.2, -0.15) is 0 Å². The Balaban J connectivity index is 1.33. The molecule has 156 valence electrons. The minimum atomic E-state index is 0.156. The number of carbonyl (C=O) groups is 1. The Kier molecular flexibility index (Phi) is 7.70. The highest BCUT2D eigenvalue weighted by Gasteiger charge is 2.18. The number of aryl methyl sites for hydroxylation is 3.